The lowest BCUT2D eigenvalue weighted by atomic mass is 10.3. The van der Waals surface area contributed by atoms with E-state index in [1.54, 1.807) is 4.90 Å². The minimum absolute atomic E-state index is 0.199. The van der Waals surface area contributed by atoms with Crippen LogP contribution < -0.4 is 0 Å². The standard InChI is InChI=1S/C9H15NO3/c11-8-5-10(3-4-13-6-8)9(12)7-1-2-7/h7-8,11H,1-6H2. The quantitative estimate of drug-likeness (QED) is 0.605. The number of aliphatic hydroxyl groups is 1. The van der Waals surface area contributed by atoms with Crippen LogP contribution in [-0.4, -0.2) is 48.3 Å². The summed E-state index contributed by atoms with van der Waals surface area (Å²) >= 11 is 0. The molecule has 1 heterocycles. The van der Waals surface area contributed by atoms with Crippen LogP contribution in [0.2, 0.25) is 0 Å². The molecule has 1 saturated heterocycles. The van der Waals surface area contributed by atoms with E-state index in [4.69, 9.17) is 4.74 Å². The number of hydrogen-bond donors (Lipinski definition) is 1. The van der Waals surface area contributed by atoms with Crippen LogP contribution in [0.3, 0.4) is 0 Å². The molecule has 1 aliphatic heterocycles. The first-order valence-electron chi connectivity index (χ1n) is 4.82. The summed E-state index contributed by atoms with van der Waals surface area (Å²) < 4.78 is 5.14. The summed E-state index contributed by atoms with van der Waals surface area (Å²) in [5.41, 5.74) is 0. The Bertz CT molecular complexity index is 203. The smallest absolute Gasteiger partial charge is 0.225 e. The van der Waals surface area contributed by atoms with Crippen molar-refractivity contribution in [2.75, 3.05) is 26.3 Å². The topological polar surface area (TPSA) is 49.8 Å². The Morgan fingerprint density at radius 1 is 1.46 bits per heavy atom. The summed E-state index contributed by atoms with van der Waals surface area (Å²) in [6.45, 7) is 1.98. The Kier molecular flexibility index (Phi) is 2.51. The summed E-state index contributed by atoms with van der Waals surface area (Å²) in [5.74, 6) is 0.440. The first-order valence-corrected chi connectivity index (χ1v) is 4.82. The van der Waals surface area contributed by atoms with E-state index in [0.717, 1.165) is 12.8 Å². The molecular weight excluding hydrogens is 170 g/mol. The normalized spacial score (nSPS) is 29.9. The molecule has 4 heteroatoms. The third-order valence-corrected chi connectivity index (χ3v) is 2.49. The molecule has 1 unspecified atom stereocenters. The molecule has 1 N–H and O–H groups in total. The highest BCUT2D eigenvalue weighted by Gasteiger charge is 2.34. The van der Waals surface area contributed by atoms with Gasteiger partial charge in [-0.1, -0.05) is 0 Å². The van der Waals surface area contributed by atoms with E-state index >= 15 is 0 Å². The third-order valence-electron chi connectivity index (χ3n) is 2.49. The predicted octanol–water partition coefficient (Wildman–Crippen LogP) is -0.384. The molecule has 0 radical (unpaired) electrons. The highest BCUT2D eigenvalue weighted by Crippen LogP contribution is 2.31. The molecule has 0 aromatic rings. The average Bonchev–Trinajstić information content (AvgIpc) is 2.88. The molecule has 2 aliphatic rings. The number of carbonyl (C=O) groups excluding carboxylic acids is 1. The van der Waals surface area contributed by atoms with Crippen molar-refractivity contribution in [1.29, 1.82) is 0 Å². The number of nitrogens with zero attached hydrogens (tertiary/aromatic N) is 1. The molecule has 1 aliphatic carbocycles. The minimum atomic E-state index is -0.509. The lowest BCUT2D eigenvalue weighted by Gasteiger charge is -2.20. The van der Waals surface area contributed by atoms with Crippen molar-refractivity contribution in [3.63, 3.8) is 0 Å². The zero-order valence-corrected chi connectivity index (χ0v) is 7.61. The molecule has 0 bridgehead atoms. The van der Waals surface area contributed by atoms with Gasteiger partial charge in [0.15, 0.2) is 0 Å². The molecule has 1 saturated carbocycles. The van der Waals surface area contributed by atoms with Crippen molar-refractivity contribution in [1.82, 2.24) is 4.90 Å². The van der Waals surface area contributed by atoms with Gasteiger partial charge in [0, 0.05) is 19.0 Å². The van der Waals surface area contributed by atoms with Crippen LogP contribution >= 0.6 is 0 Å². The van der Waals surface area contributed by atoms with Crippen LogP contribution in [0.4, 0.5) is 0 Å². The van der Waals surface area contributed by atoms with Gasteiger partial charge in [-0.3, -0.25) is 4.79 Å². The van der Waals surface area contributed by atoms with Gasteiger partial charge >= 0.3 is 0 Å². The Labute approximate surface area is 77.5 Å². The largest absolute Gasteiger partial charge is 0.389 e. The van der Waals surface area contributed by atoms with Crippen molar-refractivity contribution in [2.45, 2.75) is 18.9 Å². The van der Waals surface area contributed by atoms with Crippen molar-refractivity contribution in [3.05, 3.63) is 0 Å². The first kappa shape index (κ1) is 8.97. The minimum Gasteiger partial charge on any atom is -0.389 e. The zero-order valence-electron chi connectivity index (χ0n) is 7.61. The van der Waals surface area contributed by atoms with E-state index < -0.39 is 6.10 Å². The van der Waals surface area contributed by atoms with Crippen molar-refractivity contribution in [2.24, 2.45) is 5.92 Å². The van der Waals surface area contributed by atoms with Gasteiger partial charge in [0.2, 0.25) is 5.91 Å². The number of hydrogen-bond acceptors (Lipinski definition) is 3. The van der Waals surface area contributed by atoms with Gasteiger partial charge in [-0.2, -0.15) is 0 Å². The zero-order chi connectivity index (χ0) is 9.26. The second-order valence-electron chi connectivity index (χ2n) is 3.79. The Morgan fingerprint density at radius 2 is 2.23 bits per heavy atom. The van der Waals surface area contributed by atoms with Gasteiger partial charge < -0.3 is 14.7 Å². The Hall–Kier alpha value is -0.610. The van der Waals surface area contributed by atoms with Gasteiger partial charge in [-0.05, 0) is 12.8 Å². The van der Waals surface area contributed by atoms with Gasteiger partial charge in [-0.15, -0.1) is 0 Å². The summed E-state index contributed by atoms with van der Waals surface area (Å²) in [5, 5.41) is 9.39. The Balaban J connectivity index is 1.91. The first-order chi connectivity index (χ1) is 6.27. The van der Waals surface area contributed by atoms with E-state index in [0.29, 0.717) is 26.3 Å². The van der Waals surface area contributed by atoms with E-state index in [9.17, 15) is 9.90 Å². The molecule has 13 heavy (non-hydrogen) atoms. The monoisotopic (exact) mass is 185 g/mol. The van der Waals surface area contributed by atoms with Crippen LogP contribution in [0, 0.1) is 5.92 Å². The molecule has 0 aromatic heterocycles. The number of amides is 1. The average molecular weight is 185 g/mol. The summed E-state index contributed by atoms with van der Waals surface area (Å²) in [7, 11) is 0. The summed E-state index contributed by atoms with van der Waals surface area (Å²) in [4.78, 5) is 13.3. The van der Waals surface area contributed by atoms with Crippen LogP contribution in [0.25, 0.3) is 0 Å². The van der Waals surface area contributed by atoms with E-state index in [-0.39, 0.29) is 11.8 Å². The molecule has 4 nitrogen and oxygen atoms in total. The SMILES string of the molecule is O=C(C1CC1)N1CCOCC(O)C1. The highest BCUT2D eigenvalue weighted by atomic mass is 16.5. The fourth-order valence-electron chi connectivity index (χ4n) is 1.58. The fraction of sp³-hybridized carbons (Fsp3) is 0.889. The van der Waals surface area contributed by atoms with E-state index in [2.05, 4.69) is 0 Å². The number of ether oxygens (including phenoxy) is 1. The van der Waals surface area contributed by atoms with Crippen LogP contribution in [0.15, 0.2) is 0 Å². The molecule has 1 amide bonds. The number of aliphatic hydroxyl groups excluding tert-OH is 1. The van der Waals surface area contributed by atoms with Gasteiger partial charge in [-0.25, -0.2) is 0 Å². The highest BCUT2D eigenvalue weighted by molar-refractivity contribution is 5.81. The number of carbonyl (C=O) groups is 1. The maximum Gasteiger partial charge on any atom is 0.225 e. The summed E-state index contributed by atoms with van der Waals surface area (Å²) in [6, 6.07) is 0. The van der Waals surface area contributed by atoms with Crippen molar-refractivity contribution >= 4 is 5.91 Å². The van der Waals surface area contributed by atoms with E-state index in [1.807, 2.05) is 0 Å². The molecule has 2 rings (SSSR count). The van der Waals surface area contributed by atoms with Gasteiger partial charge in [0.1, 0.15) is 0 Å². The molecular formula is C9H15NO3. The molecule has 2 fully saturated rings. The van der Waals surface area contributed by atoms with E-state index in [1.165, 1.54) is 0 Å². The molecule has 0 spiro atoms. The number of rotatable bonds is 1. The van der Waals surface area contributed by atoms with Crippen LogP contribution in [-0.2, 0) is 9.53 Å². The third kappa shape index (κ3) is 2.19. The van der Waals surface area contributed by atoms with Crippen LogP contribution in [0.5, 0.6) is 0 Å². The van der Waals surface area contributed by atoms with Crippen molar-refractivity contribution in [3.8, 4) is 0 Å². The maximum absolute atomic E-state index is 11.6. The lowest BCUT2D eigenvalue weighted by Crippen LogP contribution is -2.38. The second-order valence-corrected chi connectivity index (χ2v) is 3.79. The fourth-order valence-corrected chi connectivity index (χ4v) is 1.58. The molecule has 74 valence electrons. The van der Waals surface area contributed by atoms with Gasteiger partial charge in [0.25, 0.3) is 0 Å². The number of β-amino-alcohol motifs (C(OH)–C–C–N with tert-alkyl or cyclic N) is 1. The summed E-state index contributed by atoms with van der Waals surface area (Å²) in [6.07, 6.45) is 1.53. The maximum atomic E-state index is 11.6. The van der Waals surface area contributed by atoms with Crippen molar-refractivity contribution < 1.29 is 14.6 Å². The second kappa shape index (κ2) is 3.64. The Morgan fingerprint density at radius 3 is 2.92 bits per heavy atom. The molecule has 0 aromatic carbocycles. The van der Waals surface area contributed by atoms with Gasteiger partial charge in [0.05, 0.1) is 19.3 Å². The predicted molar refractivity (Wildman–Crippen MR) is 46.1 cm³/mol. The lowest BCUT2D eigenvalue weighted by molar-refractivity contribution is -0.133. The molecule has 1 atom stereocenters. The van der Waals surface area contributed by atoms with Crippen LogP contribution in [0.1, 0.15) is 12.8 Å².